The molecule has 2 heteroatoms. The molecular weight excluding hydrogens is 234 g/mol. The Labute approximate surface area is 117 Å². The Morgan fingerprint density at radius 1 is 1.26 bits per heavy atom. The number of rotatable bonds is 6. The van der Waals surface area contributed by atoms with Gasteiger partial charge in [-0.25, -0.2) is 0 Å². The maximum absolute atomic E-state index is 5.50. The van der Waals surface area contributed by atoms with E-state index < -0.39 is 0 Å². The number of hydrogen-bond acceptors (Lipinski definition) is 2. The number of benzene rings is 1. The second-order valence-corrected chi connectivity index (χ2v) is 5.70. The highest BCUT2D eigenvalue weighted by Gasteiger charge is 2.24. The van der Waals surface area contributed by atoms with Gasteiger partial charge in [-0.1, -0.05) is 38.0 Å². The molecule has 2 nitrogen and oxygen atoms in total. The summed E-state index contributed by atoms with van der Waals surface area (Å²) in [7, 11) is 1.76. The summed E-state index contributed by atoms with van der Waals surface area (Å²) in [5.74, 6) is 1.85. The first kappa shape index (κ1) is 14.4. The van der Waals surface area contributed by atoms with E-state index in [0.29, 0.717) is 12.1 Å². The summed E-state index contributed by atoms with van der Waals surface area (Å²) in [5, 5.41) is 3.82. The van der Waals surface area contributed by atoms with E-state index in [4.69, 9.17) is 4.74 Å². The molecule has 0 radical (unpaired) electrons. The second-order valence-electron chi connectivity index (χ2n) is 5.70. The van der Waals surface area contributed by atoms with Gasteiger partial charge in [-0.2, -0.15) is 0 Å². The molecule has 0 aromatic heterocycles. The predicted octanol–water partition coefficient (Wildman–Crippen LogP) is 4.31. The van der Waals surface area contributed by atoms with E-state index in [2.05, 4.69) is 37.4 Å². The molecule has 1 saturated carbocycles. The fourth-order valence-corrected chi connectivity index (χ4v) is 3.29. The predicted molar refractivity (Wildman–Crippen MR) is 80.6 cm³/mol. The van der Waals surface area contributed by atoms with Crippen molar-refractivity contribution in [3.63, 3.8) is 0 Å². The zero-order valence-electron chi connectivity index (χ0n) is 12.5. The maximum Gasteiger partial charge on any atom is 0.123 e. The summed E-state index contributed by atoms with van der Waals surface area (Å²) in [4.78, 5) is 0. The van der Waals surface area contributed by atoms with E-state index in [1.807, 2.05) is 6.07 Å². The second kappa shape index (κ2) is 6.95. The number of methoxy groups -OCH3 is 1. The van der Waals surface area contributed by atoms with Gasteiger partial charge in [0.2, 0.25) is 0 Å². The Balaban J connectivity index is 2.06. The van der Waals surface area contributed by atoms with Crippen molar-refractivity contribution < 1.29 is 4.74 Å². The molecule has 1 aromatic carbocycles. The Morgan fingerprint density at radius 2 is 1.95 bits per heavy atom. The zero-order chi connectivity index (χ0) is 13.7. The highest BCUT2D eigenvalue weighted by atomic mass is 16.5. The van der Waals surface area contributed by atoms with Gasteiger partial charge in [-0.3, -0.25) is 0 Å². The van der Waals surface area contributed by atoms with Crippen LogP contribution in [0.1, 0.15) is 57.6 Å². The molecule has 2 atom stereocenters. The van der Waals surface area contributed by atoms with Crippen molar-refractivity contribution in [2.75, 3.05) is 7.11 Å². The summed E-state index contributed by atoms with van der Waals surface area (Å²) in [5.41, 5.74) is 1.29. The van der Waals surface area contributed by atoms with Crippen LogP contribution < -0.4 is 10.1 Å². The highest BCUT2D eigenvalue weighted by molar-refractivity contribution is 5.35. The third kappa shape index (κ3) is 3.50. The quantitative estimate of drug-likeness (QED) is 0.823. The monoisotopic (exact) mass is 261 g/mol. The molecular formula is C17H27NO. The Hall–Kier alpha value is -1.02. The average molecular weight is 261 g/mol. The molecule has 2 rings (SSSR count). The van der Waals surface area contributed by atoms with E-state index in [0.717, 1.165) is 18.1 Å². The molecule has 0 aliphatic heterocycles. The summed E-state index contributed by atoms with van der Waals surface area (Å²) >= 11 is 0. The van der Waals surface area contributed by atoms with Crippen LogP contribution in [0.3, 0.4) is 0 Å². The SMILES string of the molecule is CCC(NC(C)C1CCCC1)c1ccccc1OC. The third-order valence-electron chi connectivity index (χ3n) is 4.49. The van der Waals surface area contributed by atoms with E-state index in [1.54, 1.807) is 7.11 Å². The molecule has 106 valence electrons. The highest BCUT2D eigenvalue weighted by Crippen LogP contribution is 2.31. The van der Waals surface area contributed by atoms with Gasteiger partial charge in [0.1, 0.15) is 5.75 Å². The van der Waals surface area contributed by atoms with Crippen molar-refractivity contribution in [2.24, 2.45) is 5.92 Å². The first-order valence-corrected chi connectivity index (χ1v) is 7.65. The standard InChI is InChI=1S/C17H27NO/c1-4-16(15-11-7-8-12-17(15)19-3)18-13(2)14-9-5-6-10-14/h7-8,11-14,16,18H,4-6,9-10H2,1-3H3. The molecule has 1 aliphatic rings. The average Bonchev–Trinajstić information content (AvgIpc) is 2.98. The smallest absolute Gasteiger partial charge is 0.123 e. The van der Waals surface area contributed by atoms with Crippen molar-refractivity contribution in [3.8, 4) is 5.75 Å². The number of nitrogens with one attached hydrogen (secondary N) is 1. The lowest BCUT2D eigenvalue weighted by atomic mass is 9.96. The Kier molecular flexibility index (Phi) is 5.26. The van der Waals surface area contributed by atoms with Crippen molar-refractivity contribution in [1.29, 1.82) is 0 Å². The summed E-state index contributed by atoms with van der Waals surface area (Å²) in [6, 6.07) is 9.36. The van der Waals surface area contributed by atoms with E-state index >= 15 is 0 Å². The van der Waals surface area contributed by atoms with Crippen LogP contribution >= 0.6 is 0 Å². The van der Waals surface area contributed by atoms with Crippen LogP contribution in [-0.2, 0) is 0 Å². The fraction of sp³-hybridized carbons (Fsp3) is 0.647. The summed E-state index contributed by atoms with van der Waals surface area (Å²) in [6.07, 6.45) is 6.68. The van der Waals surface area contributed by atoms with E-state index in [-0.39, 0.29) is 0 Å². The molecule has 0 bridgehead atoms. The van der Waals surface area contributed by atoms with Crippen LogP contribution in [0.4, 0.5) is 0 Å². The van der Waals surface area contributed by atoms with Crippen LogP contribution in [0.15, 0.2) is 24.3 Å². The normalized spacial score (nSPS) is 19.3. The summed E-state index contributed by atoms with van der Waals surface area (Å²) in [6.45, 7) is 4.58. The van der Waals surface area contributed by atoms with Crippen molar-refractivity contribution in [3.05, 3.63) is 29.8 Å². The molecule has 19 heavy (non-hydrogen) atoms. The minimum Gasteiger partial charge on any atom is -0.496 e. The largest absolute Gasteiger partial charge is 0.496 e. The minimum absolute atomic E-state index is 0.395. The number of hydrogen-bond donors (Lipinski definition) is 1. The van der Waals surface area contributed by atoms with Gasteiger partial charge in [0, 0.05) is 17.6 Å². The van der Waals surface area contributed by atoms with E-state index in [1.165, 1.54) is 31.2 Å². The molecule has 0 spiro atoms. The van der Waals surface area contributed by atoms with Crippen LogP contribution in [0.2, 0.25) is 0 Å². The molecule has 1 aliphatic carbocycles. The lowest BCUT2D eigenvalue weighted by molar-refractivity contribution is 0.330. The lowest BCUT2D eigenvalue weighted by Gasteiger charge is -2.27. The van der Waals surface area contributed by atoms with E-state index in [9.17, 15) is 0 Å². The molecule has 1 fully saturated rings. The third-order valence-corrected chi connectivity index (χ3v) is 4.49. The lowest BCUT2D eigenvalue weighted by Crippen LogP contribution is -2.35. The van der Waals surface area contributed by atoms with Crippen molar-refractivity contribution in [2.45, 2.75) is 58.0 Å². The molecule has 1 N–H and O–H groups in total. The molecule has 0 heterocycles. The minimum atomic E-state index is 0.395. The van der Waals surface area contributed by atoms with Crippen molar-refractivity contribution in [1.82, 2.24) is 5.32 Å². The van der Waals surface area contributed by atoms with Gasteiger partial charge in [-0.05, 0) is 38.2 Å². The Morgan fingerprint density at radius 3 is 2.58 bits per heavy atom. The van der Waals surface area contributed by atoms with Crippen LogP contribution in [0.5, 0.6) is 5.75 Å². The molecule has 0 saturated heterocycles. The number of para-hydroxylation sites is 1. The first-order chi connectivity index (χ1) is 9.26. The van der Waals surface area contributed by atoms with Gasteiger partial charge in [0.25, 0.3) is 0 Å². The van der Waals surface area contributed by atoms with Crippen LogP contribution in [0.25, 0.3) is 0 Å². The Bertz CT molecular complexity index is 385. The van der Waals surface area contributed by atoms with Crippen LogP contribution in [0, 0.1) is 5.92 Å². The van der Waals surface area contributed by atoms with Gasteiger partial charge < -0.3 is 10.1 Å². The zero-order valence-corrected chi connectivity index (χ0v) is 12.5. The molecule has 1 aromatic rings. The topological polar surface area (TPSA) is 21.3 Å². The summed E-state index contributed by atoms with van der Waals surface area (Å²) < 4.78 is 5.50. The van der Waals surface area contributed by atoms with Gasteiger partial charge in [0.05, 0.1) is 7.11 Å². The van der Waals surface area contributed by atoms with Crippen LogP contribution in [-0.4, -0.2) is 13.2 Å². The fourth-order valence-electron chi connectivity index (χ4n) is 3.29. The van der Waals surface area contributed by atoms with Gasteiger partial charge in [-0.15, -0.1) is 0 Å². The first-order valence-electron chi connectivity index (χ1n) is 7.65. The molecule has 0 amide bonds. The number of ether oxygens (including phenoxy) is 1. The van der Waals surface area contributed by atoms with Crippen molar-refractivity contribution >= 4 is 0 Å². The molecule has 2 unspecified atom stereocenters. The van der Waals surface area contributed by atoms with Gasteiger partial charge >= 0.3 is 0 Å². The maximum atomic E-state index is 5.50. The van der Waals surface area contributed by atoms with Gasteiger partial charge in [0.15, 0.2) is 0 Å².